The summed E-state index contributed by atoms with van der Waals surface area (Å²) < 4.78 is 25.3. The van der Waals surface area contributed by atoms with Gasteiger partial charge in [0.2, 0.25) is 5.92 Å². The van der Waals surface area contributed by atoms with E-state index in [2.05, 4.69) is 27.7 Å². The van der Waals surface area contributed by atoms with Crippen molar-refractivity contribution >= 4 is 0 Å². The van der Waals surface area contributed by atoms with Crippen molar-refractivity contribution in [3.63, 3.8) is 0 Å². The maximum absolute atomic E-state index is 12.6. The highest BCUT2D eigenvalue weighted by molar-refractivity contribution is 4.78. The van der Waals surface area contributed by atoms with Crippen LogP contribution in [0.5, 0.6) is 0 Å². The zero-order valence-corrected chi connectivity index (χ0v) is 13.2. The van der Waals surface area contributed by atoms with E-state index in [1.807, 2.05) is 0 Å². The molecule has 2 fully saturated rings. The fourth-order valence-corrected chi connectivity index (χ4v) is 3.35. The summed E-state index contributed by atoms with van der Waals surface area (Å²) in [6.07, 6.45) is 7.61. The van der Waals surface area contributed by atoms with Crippen molar-refractivity contribution in [2.75, 3.05) is 0 Å². The Labute approximate surface area is 118 Å². The van der Waals surface area contributed by atoms with Crippen LogP contribution in [0.3, 0.4) is 0 Å². The van der Waals surface area contributed by atoms with Gasteiger partial charge in [-0.3, -0.25) is 0 Å². The molecule has 2 rings (SSSR count). The standard InChI is InChI=1S/C9H16F2.C8H16/c1-7(2)8-3-5-9(10,11)6-4-8;1-7(2)8-5-3-4-6-8/h7-8H,3-6H2,1-2H3;7-8H,3-6H2,1-2H3. The zero-order chi connectivity index (χ0) is 14.5. The Kier molecular flexibility index (Phi) is 6.76. The van der Waals surface area contributed by atoms with E-state index in [0.717, 1.165) is 11.8 Å². The van der Waals surface area contributed by atoms with Crippen molar-refractivity contribution in [3.8, 4) is 0 Å². The number of alkyl halides is 2. The molecule has 0 N–H and O–H groups in total. The molecule has 2 aliphatic carbocycles. The van der Waals surface area contributed by atoms with E-state index in [9.17, 15) is 8.78 Å². The van der Waals surface area contributed by atoms with E-state index in [1.165, 1.54) is 25.7 Å². The molecule has 0 atom stereocenters. The van der Waals surface area contributed by atoms with Gasteiger partial charge in [0.1, 0.15) is 0 Å². The minimum Gasteiger partial charge on any atom is -0.207 e. The van der Waals surface area contributed by atoms with Crippen molar-refractivity contribution in [3.05, 3.63) is 0 Å². The average Bonchev–Trinajstić information content (AvgIpc) is 2.82. The minimum absolute atomic E-state index is 0.107. The molecule has 114 valence electrons. The van der Waals surface area contributed by atoms with Crippen LogP contribution in [-0.2, 0) is 0 Å². The third kappa shape index (κ3) is 6.23. The lowest BCUT2D eigenvalue weighted by Crippen LogP contribution is -2.26. The first-order chi connectivity index (χ1) is 8.82. The van der Waals surface area contributed by atoms with Crippen molar-refractivity contribution in [1.82, 2.24) is 0 Å². The smallest absolute Gasteiger partial charge is 0.207 e. The highest BCUT2D eigenvalue weighted by Gasteiger charge is 2.35. The lowest BCUT2D eigenvalue weighted by molar-refractivity contribution is -0.0504. The van der Waals surface area contributed by atoms with Gasteiger partial charge in [-0.2, -0.15) is 0 Å². The molecule has 19 heavy (non-hydrogen) atoms. The predicted octanol–water partition coefficient (Wildman–Crippen LogP) is 6.30. The quantitative estimate of drug-likeness (QED) is 0.554. The summed E-state index contributed by atoms with van der Waals surface area (Å²) in [7, 11) is 0. The number of hydrogen-bond acceptors (Lipinski definition) is 0. The van der Waals surface area contributed by atoms with Crippen molar-refractivity contribution in [1.29, 1.82) is 0 Å². The summed E-state index contributed by atoms with van der Waals surface area (Å²) in [5.41, 5.74) is 0. The third-order valence-electron chi connectivity index (χ3n) is 5.05. The average molecular weight is 274 g/mol. The molecule has 2 heteroatoms. The van der Waals surface area contributed by atoms with E-state index in [-0.39, 0.29) is 12.8 Å². The SMILES string of the molecule is CC(C)C1CCC(F)(F)CC1.CC(C)C1CCCC1. The fraction of sp³-hybridized carbons (Fsp3) is 1.00. The molecular formula is C17H32F2. The van der Waals surface area contributed by atoms with E-state index in [0.29, 0.717) is 24.7 Å². The first kappa shape index (κ1) is 16.9. The molecule has 0 aromatic heterocycles. The van der Waals surface area contributed by atoms with Crippen molar-refractivity contribution in [2.45, 2.75) is 85.0 Å². The lowest BCUT2D eigenvalue weighted by atomic mass is 9.80. The zero-order valence-electron chi connectivity index (χ0n) is 13.2. The van der Waals surface area contributed by atoms with E-state index >= 15 is 0 Å². The fourth-order valence-electron chi connectivity index (χ4n) is 3.35. The predicted molar refractivity (Wildman–Crippen MR) is 78.5 cm³/mol. The topological polar surface area (TPSA) is 0 Å². The Bertz CT molecular complexity index is 230. The van der Waals surface area contributed by atoms with Gasteiger partial charge >= 0.3 is 0 Å². The summed E-state index contributed by atoms with van der Waals surface area (Å²) >= 11 is 0. The molecule has 0 nitrogen and oxygen atoms in total. The van der Waals surface area contributed by atoms with Gasteiger partial charge < -0.3 is 0 Å². The highest BCUT2D eigenvalue weighted by atomic mass is 19.3. The second-order valence-corrected chi connectivity index (χ2v) is 7.23. The Morgan fingerprint density at radius 2 is 1.11 bits per heavy atom. The maximum Gasteiger partial charge on any atom is 0.248 e. The van der Waals surface area contributed by atoms with Crippen LogP contribution in [0.25, 0.3) is 0 Å². The van der Waals surface area contributed by atoms with Crippen molar-refractivity contribution < 1.29 is 8.78 Å². The molecule has 2 aliphatic rings. The molecule has 2 saturated carbocycles. The molecule has 0 unspecified atom stereocenters. The van der Waals surface area contributed by atoms with Gasteiger partial charge in [0.25, 0.3) is 0 Å². The summed E-state index contributed by atoms with van der Waals surface area (Å²) in [6.45, 7) is 8.92. The second kappa shape index (κ2) is 7.59. The third-order valence-corrected chi connectivity index (χ3v) is 5.05. The first-order valence-electron chi connectivity index (χ1n) is 8.19. The van der Waals surface area contributed by atoms with E-state index < -0.39 is 5.92 Å². The van der Waals surface area contributed by atoms with Crippen LogP contribution in [0.4, 0.5) is 8.78 Å². The van der Waals surface area contributed by atoms with E-state index in [1.54, 1.807) is 0 Å². The Morgan fingerprint density at radius 3 is 1.42 bits per heavy atom. The molecule has 0 aliphatic heterocycles. The Hall–Kier alpha value is -0.140. The van der Waals surface area contributed by atoms with Crippen LogP contribution in [0.15, 0.2) is 0 Å². The Balaban J connectivity index is 0.000000200. The van der Waals surface area contributed by atoms with Crippen LogP contribution in [0.1, 0.15) is 79.1 Å². The maximum atomic E-state index is 12.6. The number of rotatable bonds is 2. The van der Waals surface area contributed by atoms with Crippen molar-refractivity contribution in [2.24, 2.45) is 23.7 Å². The largest absolute Gasteiger partial charge is 0.248 e. The monoisotopic (exact) mass is 274 g/mol. The molecule has 0 bridgehead atoms. The minimum atomic E-state index is -2.36. The first-order valence-corrected chi connectivity index (χ1v) is 8.19. The summed E-state index contributed by atoms with van der Waals surface area (Å²) in [5.74, 6) is 0.763. The highest BCUT2D eigenvalue weighted by Crippen LogP contribution is 2.38. The summed E-state index contributed by atoms with van der Waals surface area (Å²) in [4.78, 5) is 0. The van der Waals surface area contributed by atoms with Crippen LogP contribution in [-0.4, -0.2) is 5.92 Å². The lowest BCUT2D eigenvalue weighted by Gasteiger charge is -2.30. The molecule has 0 aromatic carbocycles. The van der Waals surface area contributed by atoms with Crippen LogP contribution >= 0.6 is 0 Å². The normalized spacial score (nSPS) is 24.6. The van der Waals surface area contributed by atoms with Gasteiger partial charge in [-0.15, -0.1) is 0 Å². The molecule has 0 spiro atoms. The molecule has 0 saturated heterocycles. The van der Waals surface area contributed by atoms with Gasteiger partial charge in [-0.05, 0) is 36.5 Å². The number of hydrogen-bond donors (Lipinski definition) is 0. The molecule has 0 heterocycles. The van der Waals surface area contributed by atoms with E-state index in [4.69, 9.17) is 0 Å². The van der Waals surface area contributed by atoms with Gasteiger partial charge in [0, 0.05) is 12.8 Å². The van der Waals surface area contributed by atoms with Gasteiger partial charge in [0.05, 0.1) is 0 Å². The summed E-state index contributed by atoms with van der Waals surface area (Å²) in [6, 6.07) is 0. The molecule has 0 amide bonds. The molecular weight excluding hydrogens is 242 g/mol. The molecule has 0 radical (unpaired) electrons. The van der Waals surface area contributed by atoms with Gasteiger partial charge in [-0.25, -0.2) is 8.78 Å². The second-order valence-electron chi connectivity index (χ2n) is 7.23. The van der Waals surface area contributed by atoms with Gasteiger partial charge in [0.15, 0.2) is 0 Å². The molecule has 0 aromatic rings. The van der Waals surface area contributed by atoms with Crippen LogP contribution in [0.2, 0.25) is 0 Å². The summed E-state index contributed by atoms with van der Waals surface area (Å²) in [5, 5.41) is 0. The van der Waals surface area contributed by atoms with Gasteiger partial charge in [-0.1, -0.05) is 53.4 Å². The van der Waals surface area contributed by atoms with Crippen LogP contribution in [0, 0.1) is 23.7 Å². The van der Waals surface area contributed by atoms with Crippen LogP contribution < -0.4 is 0 Å². The number of halogens is 2. The Morgan fingerprint density at radius 1 is 0.737 bits per heavy atom.